The summed E-state index contributed by atoms with van der Waals surface area (Å²) in [5, 5.41) is 0. The maximum Gasteiger partial charge on any atom is 0.191 e. The molecule has 2 heteroatoms. The molecule has 0 amide bonds. The van der Waals surface area contributed by atoms with Crippen LogP contribution in [-0.4, -0.2) is 0 Å². The highest BCUT2D eigenvalue weighted by atomic mass is 79.9. The van der Waals surface area contributed by atoms with Crippen LogP contribution in [0.2, 0.25) is 0 Å². The van der Waals surface area contributed by atoms with Gasteiger partial charge in [0.25, 0.3) is 0 Å². The van der Waals surface area contributed by atoms with E-state index < -0.39 is 0 Å². The van der Waals surface area contributed by atoms with Gasteiger partial charge in [0.15, 0.2) is 5.76 Å². The molecule has 1 aromatic carbocycles. The second-order valence-electron chi connectivity index (χ2n) is 2.71. The summed E-state index contributed by atoms with van der Waals surface area (Å²) in [4.78, 5) is 0. The van der Waals surface area contributed by atoms with Crippen LogP contribution in [0.1, 0.15) is 11.3 Å². The van der Waals surface area contributed by atoms with Crippen molar-refractivity contribution in [1.29, 1.82) is 0 Å². The van der Waals surface area contributed by atoms with Crippen molar-refractivity contribution >= 4 is 15.9 Å². The molecule has 0 aliphatic rings. The zero-order valence-electron chi connectivity index (χ0n) is 7.33. The fraction of sp³-hybridized carbons (Fsp3) is 0. The third kappa shape index (κ3) is 2.07. The number of hydrogen-bond acceptors (Lipinski definition) is 1. The van der Waals surface area contributed by atoms with Crippen molar-refractivity contribution in [2.45, 2.75) is 0 Å². The number of halogens is 1. The lowest BCUT2D eigenvalue weighted by atomic mass is 10.2. The molecule has 0 radical (unpaired) electrons. The Morgan fingerprint density at radius 2 is 1.79 bits per heavy atom. The topological polar surface area (TPSA) is 13.1 Å². The minimum absolute atomic E-state index is 0.661. The maximum atomic E-state index is 5.17. The molecule has 0 spiro atoms. The highest BCUT2D eigenvalue weighted by Gasteiger charge is 1.96. The first kappa shape index (κ1) is 9.11. The number of hydrogen-bond donors (Lipinski definition) is 0. The second-order valence-corrected chi connectivity index (χ2v) is 3.57. The second kappa shape index (κ2) is 4.17. The number of rotatable bonds is 0. The Bertz CT molecular complexity index is 474. The Kier molecular flexibility index (Phi) is 2.71. The van der Waals surface area contributed by atoms with Gasteiger partial charge in [-0.3, -0.25) is 0 Å². The van der Waals surface area contributed by atoms with Gasteiger partial charge in [0.2, 0.25) is 0 Å². The van der Waals surface area contributed by atoms with Gasteiger partial charge in [0.05, 0.1) is 10.7 Å². The summed E-state index contributed by atoms with van der Waals surface area (Å²) in [7, 11) is 0. The van der Waals surface area contributed by atoms with Crippen LogP contribution in [0.4, 0.5) is 0 Å². The molecule has 0 aliphatic heterocycles. The van der Waals surface area contributed by atoms with Crippen LogP contribution in [0.25, 0.3) is 0 Å². The zero-order chi connectivity index (χ0) is 9.80. The molecule has 0 unspecified atom stereocenters. The molecule has 1 heterocycles. The summed E-state index contributed by atoms with van der Waals surface area (Å²) < 4.78 is 6.06. The first-order valence-corrected chi connectivity index (χ1v) is 4.95. The summed E-state index contributed by atoms with van der Waals surface area (Å²) in [6.45, 7) is 0. The summed E-state index contributed by atoms with van der Waals surface area (Å²) in [6, 6.07) is 11.6. The minimum atomic E-state index is 0.661. The lowest BCUT2D eigenvalue weighted by molar-refractivity contribution is 0.553. The minimum Gasteiger partial charge on any atom is -0.455 e. The standard InChI is InChI=1S/C12H7BrO/c13-11-8-9-14-12(11)7-6-10-4-2-1-3-5-10/h1-5,8-9H. The Hall–Kier alpha value is -1.46. The zero-order valence-corrected chi connectivity index (χ0v) is 8.91. The average Bonchev–Trinajstić information content (AvgIpc) is 2.63. The van der Waals surface area contributed by atoms with E-state index in [1.54, 1.807) is 6.26 Å². The molecule has 0 N–H and O–H groups in total. The van der Waals surface area contributed by atoms with Gasteiger partial charge < -0.3 is 4.42 Å². The third-order valence-corrected chi connectivity index (χ3v) is 2.34. The van der Waals surface area contributed by atoms with Gasteiger partial charge in [0.1, 0.15) is 0 Å². The molecule has 0 bridgehead atoms. The van der Waals surface area contributed by atoms with Gasteiger partial charge in [-0.25, -0.2) is 0 Å². The van der Waals surface area contributed by atoms with Crippen LogP contribution in [0, 0.1) is 11.8 Å². The van der Waals surface area contributed by atoms with Crippen molar-refractivity contribution in [3.8, 4) is 11.8 Å². The Morgan fingerprint density at radius 1 is 1.00 bits per heavy atom. The van der Waals surface area contributed by atoms with E-state index in [2.05, 4.69) is 27.8 Å². The van der Waals surface area contributed by atoms with Crippen molar-refractivity contribution in [2.24, 2.45) is 0 Å². The van der Waals surface area contributed by atoms with E-state index in [4.69, 9.17) is 4.42 Å². The van der Waals surface area contributed by atoms with E-state index in [1.165, 1.54) is 0 Å². The lowest BCUT2D eigenvalue weighted by Gasteiger charge is -1.86. The summed E-state index contributed by atoms with van der Waals surface area (Å²) in [5.74, 6) is 6.62. The first-order chi connectivity index (χ1) is 6.86. The molecule has 1 nitrogen and oxygen atoms in total. The lowest BCUT2D eigenvalue weighted by Crippen LogP contribution is -1.72. The van der Waals surface area contributed by atoms with E-state index in [-0.39, 0.29) is 0 Å². The quantitative estimate of drug-likeness (QED) is 0.650. The fourth-order valence-corrected chi connectivity index (χ4v) is 1.33. The highest BCUT2D eigenvalue weighted by Crippen LogP contribution is 2.15. The first-order valence-electron chi connectivity index (χ1n) is 4.16. The maximum absolute atomic E-state index is 5.17. The molecule has 0 fully saturated rings. The molecule has 14 heavy (non-hydrogen) atoms. The van der Waals surface area contributed by atoms with Gasteiger partial charge in [-0.05, 0) is 40.0 Å². The Balaban J connectivity index is 2.28. The van der Waals surface area contributed by atoms with Crippen molar-refractivity contribution in [3.63, 3.8) is 0 Å². The number of furan rings is 1. The van der Waals surface area contributed by atoms with Crippen molar-refractivity contribution in [3.05, 3.63) is 58.5 Å². The van der Waals surface area contributed by atoms with Gasteiger partial charge in [-0.15, -0.1) is 0 Å². The van der Waals surface area contributed by atoms with E-state index in [9.17, 15) is 0 Å². The van der Waals surface area contributed by atoms with Crippen molar-refractivity contribution < 1.29 is 4.42 Å². The van der Waals surface area contributed by atoms with Crippen LogP contribution in [0.3, 0.4) is 0 Å². The van der Waals surface area contributed by atoms with Gasteiger partial charge in [-0.1, -0.05) is 24.1 Å². The predicted molar refractivity (Wildman–Crippen MR) is 58.8 cm³/mol. The van der Waals surface area contributed by atoms with E-state index in [0.29, 0.717) is 5.76 Å². The molecule has 1 aromatic heterocycles. The molecule has 2 aromatic rings. The largest absolute Gasteiger partial charge is 0.455 e. The van der Waals surface area contributed by atoms with Crippen LogP contribution in [-0.2, 0) is 0 Å². The van der Waals surface area contributed by atoms with Gasteiger partial charge in [-0.2, -0.15) is 0 Å². The molecule has 0 atom stereocenters. The average molecular weight is 247 g/mol. The number of benzene rings is 1. The molecular weight excluding hydrogens is 240 g/mol. The smallest absolute Gasteiger partial charge is 0.191 e. The Labute approximate surface area is 90.9 Å². The summed E-state index contributed by atoms with van der Waals surface area (Å²) >= 11 is 3.34. The molecule has 0 aliphatic carbocycles. The van der Waals surface area contributed by atoms with Gasteiger partial charge >= 0.3 is 0 Å². The highest BCUT2D eigenvalue weighted by molar-refractivity contribution is 9.10. The molecular formula is C12H7BrO. The van der Waals surface area contributed by atoms with Crippen LogP contribution in [0.5, 0.6) is 0 Å². The van der Waals surface area contributed by atoms with Crippen LogP contribution < -0.4 is 0 Å². The molecule has 0 saturated carbocycles. The molecule has 68 valence electrons. The van der Waals surface area contributed by atoms with E-state index >= 15 is 0 Å². The fourth-order valence-electron chi connectivity index (χ4n) is 1.03. The van der Waals surface area contributed by atoms with Crippen molar-refractivity contribution in [2.75, 3.05) is 0 Å². The Morgan fingerprint density at radius 3 is 2.43 bits per heavy atom. The monoisotopic (exact) mass is 246 g/mol. The van der Waals surface area contributed by atoms with Crippen LogP contribution in [0.15, 0.2) is 51.6 Å². The molecule has 2 rings (SSSR count). The summed E-state index contributed by atoms with van der Waals surface area (Å²) in [6.07, 6.45) is 1.61. The van der Waals surface area contributed by atoms with E-state index in [1.807, 2.05) is 36.4 Å². The SMILES string of the molecule is Brc1ccoc1C#Cc1ccccc1. The summed E-state index contributed by atoms with van der Waals surface area (Å²) in [5.41, 5.74) is 0.982. The van der Waals surface area contributed by atoms with Gasteiger partial charge in [0, 0.05) is 5.56 Å². The normalized spacial score (nSPS) is 9.21. The van der Waals surface area contributed by atoms with Crippen LogP contribution >= 0.6 is 15.9 Å². The molecule has 0 saturated heterocycles. The van der Waals surface area contributed by atoms with E-state index in [0.717, 1.165) is 10.0 Å². The third-order valence-electron chi connectivity index (χ3n) is 1.71. The predicted octanol–water partition coefficient (Wildman–Crippen LogP) is 3.44. The van der Waals surface area contributed by atoms with Crippen molar-refractivity contribution in [1.82, 2.24) is 0 Å².